The monoisotopic (exact) mass is 417 g/mol. The van der Waals surface area contributed by atoms with E-state index in [1.165, 1.54) is 6.42 Å². The zero-order chi connectivity index (χ0) is 21.5. The molecule has 4 aromatic rings. The van der Waals surface area contributed by atoms with Crippen LogP contribution in [0.3, 0.4) is 0 Å². The third kappa shape index (κ3) is 3.24. The molecule has 0 bridgehead atoms. The first-order chi connectivity index (χ1) is 15.1. The molecule has 7 heteroatoms. The van der Waals surface area contributed by atoms with Gasteiger partial charge in [0.05, 0.1) is 17.9 Å². The van der Waals surface area contributed by atoms with Crippen molar-refractivity contribution in [3.63, 3.8) is 0 Å². The summed E-state index contributed by atoms with van der Waals surface area (Å²) in [7, 11) is 1.65. The summed E-state index contributed by atoms with van der Waals surface area (Å²) in [5, 5.41) is 13.6. The van der Waals surface area contributed by atoms with Gasteiger partial charge < -0.3 is 9.30 Å². The molecule has 0 unspecified atom stereocenters. The van der Waals surface area contributed by atoms with Crippen LogP contribution in [0.5, 0.6) is 0 Å². The minimum absolute atomic E-state index is 0.0945. The number of hydrogen-bond acceptors (Lipinski definition) is 5. The predicted molar refractivity (Wildman–Crippen MR) is 120 cm³/mol. The maximum Gasteiger partial charge on any atom is 0.280 e. The van der Waals surface area contributed by atoms with Crippen molar-refractivity contribution in [1.82, 2.24) is 24.4 Å². The second-order valence-electron chi connectivity index (χ2n) is 8.65. The quantitative estimate of drug-likeness (QED) is 0.496. The maximum atomic E-state index is 13.4. The van der Waals surface area contributed by atoms with E-state index in [0.717, 1.165) is 29.7 Å². The van der Waals surface area contributed by atoms with Crippen molar-refractivity contribution >= 4 is 16.7 Å². The first kappa shape index (κ1) is 19.9. The van der Waals surface area contributed by atoms with Gasteiger partial charge in [0.25, 0.3) is 5.56 Å². The molecule has 3 aromatic heterocycles. The lowest BCUT2D eigenvalue weighted by molar-refractivity contribution is 0.181. The molecule has 160 valence electrons. The SMILES string of the molecule is COCc1nn2c(nnc3c(=O)n([C@H]4CCC[C@H](C)[C@@H]4C)ccc32)c1-c1ccccc1. The Morgan fingerprint density at radius 3 is 2.68 bits per heavy atom. The van der Waals surface area contributed by atoms with Gasteiger partial charge in [-0.2, -0.15) is 5.10 Å². The van der Waals surface area contributed by atoms with Crippen LogP contribution in [0.15, 0.2) is 47.4 Å². The highest BCUT2D eigenvalue weighted by Crippen LogP contribution is 2.37. The summed E-state index contributed by atoms with van der Waals surface area (Å²) in [6, 6.07) is 12.1. The fourth-order valence-electron chi connectivity index (χ4n) is 4.95. The maximum absolute atomic E-state index is 13.4. The molecule has 0 aliphatic heterocycles. The zero-order valence-corrected chi connectivity index (χ0v) is 18.2. The van der Waals surface area contributed by atoms with E-state index in [1.54, 1.807) is 11.6 Å². The summed E-state index contributed by atoms with van der Waals surface area (Å²) >= 11 is 0. The van der Waals surface area contributed by atoms with Gasteiger partial charge >= 0.3 is 0 Å². The molecule has 0 radical (unpaired) electrons. The van der Waals surface area contributed by atoms with Gasteiger partial charge in [0.15, 0.2) is 11.2 Å². The Kier molecular flexibility index (Phi) is 5.06. The predicted octanol–water partition coefficient (Wildman–Crippen LogP) is 4.25. The largest absolute Gasteiger partial charge is 0.378 e. The molecule has 0 saturated heterocycles. The molecular formula is C24H27N5O2. The van der Waals surface area contributed by atoms with Gasteiger partial charge in [-0.25, -0.2) is 4.52 Å². The summed E-state index contributed by atoms with van der Waals surface area (Å²) < 4.78 is 8.98. The lowest BCUT2D eigenvalue weighted by Gasteiger charge is -2.35. The van der Waals surface area contributed by atoms with Crippen molar-refractivity contribution in [1.29, 1.82) is 0 Å². The van der Waals surface area contributed by atoms with Gasteiger partial charge in [-0.1, -0.05) is 57.0 Å². The molecule has 0 amide bonds. The van der Waals surface area contributed by atoms with Gasteiger partial charge in [0.1, 0.15) is 5.52 Å². The first-order valence-electron chi connectivity index (χ1n) is 10.9. The molecule has 3 atom stereocenters. The Bertz CT molecular complexity index is 1290. The molecule has 1 fully saturated rings. The molecule has 0 N–H and O–H groups in total. The number of pyridine rings is 1. The fraction of sp³-hybridized carbons (Fsp3) is 0.417. The Balaban J connectivity index is 1.71. The van der Waals surface area contributed by atoms with Crippen LogP contribution in [-0.2, 0) is 11.3 Å². The molecule has 1 aliphatic rings. The van der Waals surface area contributed by atoms with Crippen LogP contribution in [0, 0.1) is 11.8 Å². The van der Waals surface area contributed by atoms with E-state index in [-0.39, 0.29) is 11.6 Å². The smallest absolute Gasteiger partial charge is 0.280 e. The van der Waals surface area contributed by atoms with Crippen LogP contribution in [-0.4, -0.2) is 31.5 Å². The van der Waals surface area contributed by atoms with Crippen LogP contribution in [0.4, 0.5) is 0 Å². The summed E-state index contributed by atoms with van der Waals surface area (Å²) in [6.07, 6.45) is 5.29. The average molecular weight is 418 g/mol. The van der Waals surface area contributed by atoms with Gasteiger partial charge in [-0.15, -0.1) is 10.2 Å². The van der Waals surface area contributed by atoms with Crippen LogP contribution in [0.1, 0.15) is 44.8 Å². The molecule has 1 aliphatic carbocycles. The average Bonchev–Trinajstić information content (AvgIpc) is 3.15. The Labute approximate surface area is 180 Å². The Hall–Kier alpha value is -3.06. The molecule has 3 heterocycles. The lowest BCUT2D eigenvalue weighted by atomic mass is 9.78. The number of methoxy groups -OCH3 is 1. The van der Waals surface area contributed by atoms with Crippen molar-refractivity contribution < 1.29 is 4.74 Å². The summed E-state index contributed by atoms with van der Waals surface area (Å²) in [5.74, 6) is 1.05. The molecule has 1 aromatic carbocycles. The lowest BCUT2D eigenvalue weighted by Crippen LogP contribution is -2.34. The number of nitrogens with zero attached hydrogens (tertiary/aromatic N) is 5. The van der Waals surface area contributed by atoms with E-state index in [4.69, 9.17) is 9.84 Å². The number of aromatic nitrogens is 5. The van der Waals surface area contributed by atoms with Crippen molar-refractivity contribution in [3.05, 3.63) is 58.6 Å². The van der Waals surface area contributed by atoms with Gasteiger partial charge in [0.2, 0.25) is 0 Å². The van der Waals surface area contributed by atoms with Crippen molar-refractivity contribution in [2.45, 2.75) is 45.8 Å². The summed E-state index contributed by atoms with van der Waals surface area (Å²) in [4.78, 5) is 13.4. The van der Waals surface area contributed by atoms with Crippen LogP contribution in [0.2, 0.25) is 0 Å². The normalized spacial score (nSPS) is 21.7. The highest BCUT2D eigenvalue weighted by atomic mass is 16.5. The van der Waals surface area contributed by atoms with Crippen molar-refractivity contribution in [3.8, 4) is 11.1 Å². The van der Waals surface area contributed by atoms with E-state index in [1.807, 2.05) is 47.2 Å². The third-order valence-corrected chi connectivity index (χ3v) is 6.84. The second kappa shape index (κ2) is 7.89. The molecule has 7 nitrogen and oxygen atoms in total. The van der Waals surface area contributed by atoms with Crippen molar-refractivity contribution in [2.75, 3.05) is 7.11 Å². The van der Waals surface area contributed by atoms with Gasteiger partial charge in [-0.05, 0) is 29.9 Å². The van der Waals surface area contributed by atoms with Crippen LogP contribution >= 0.6 is 0 Å². The molecule has 5 rings (SSSR count). The number of benzene rings is 1. The van der Waals surface area contributed by atoms with Crippen molar-refractivity contribution in [2.24, 2.45) is 11.8 Å². The highest BCUT2D eigenvalue weighted by molar-refractivity contribution is 5.84. The molecule has 1 saturated carbocycles. The number of fused-ring (bicyclic) bond motifs is 3. The minimum atomic E-state index is -0.0945. The summed E-state index contributed by atoms with van der Waals surface area (Å²) in [5.41, 5.74) is 4.21. The zero-order valence-electron chi connectivity index (χ0n) is 18.2. The fourth-order valence-corrected chi connectivity index (χ4v) is 4.95. The van der Waals surface area contributed by atoms with Gasteiger partial charge in [0, 0.05) is 19.3 Å². The van der Waals surface area contributed by atoms with E-state index in [9.17, 15) is 4.79 Å². The third-order valence-electron chi connectivity index (χ3n) is 6.84. The first-order valence-corrected chi connectivity index (χ1v) is 10.9. The summed E-state index contributed by atoms with van der Waals surface area (Å²) in [6.45, 7) is 4.87. The van der Waals surface area contributed by atoms with E-state index < -0.39 is 0 Å². The van der Waals surface area contributed by atoms with Gasteiger partial charge in [-0.3, -0.25) is 4.79 Å². The van der Waals surface area contributed by atoms with E-state index >= 15 is 0 Å². The molecule has 0 spiro atoms. The van der Waals surface area contributed by atoms with E-state index in [0.29, 0.717) is 35.1 Å². The molecular weight excluding hydrogens is 390 g/mol. The van der Waals surface area contributed by atoms with E-state index in [2.05, 4.69) is 24.0 Å². The van der Waals surface area contributed by atoms with Crippen LogP contribution in [0.25, 0.3) is 27.8 Å². The minimum Gasteiger partial charge on any atom is -0.378 e. The Morgan fingerprint density at radius 1 is 1.10 bits per heavy atom. The van der Waals surface area contributed by atoms with Crippen LogP contribution < -0.4 is 5.56 Å². The number of hydrogen-bond donors (Lipinski definition) is 0. The Morgan fingerprint density at radius 2 is 1.90 bits per heavy atom. The number of ether oxygens (including phenoxy) is 1. The standard InChI is InChI=1S/C24H27N5O2/c1-15-8-7-11-19(16(15)2)28-13-12-20-22(24(28)30)25-26-23-21(17-9-5-4-6-10-17)18(14-31-3)27-29(20)23/h4-6,9-10,12-13,15-16,19H,7-8,11,14H2,1-3H3/t15-,16-,19-/m0/s1. The number of rotatable bonds is 4. The topological polar surface area (TPSA) is 74.3 Å². The highest BCUT2D eigenvalue weighted by Gasteiger charge is 2.29. The molecule has 31 heavy (non-hydrogen) atoms. The second-order valence-corrected chi connectivity index (χ2v) is 8.65.